The van der Waals surface area contributed by atoms with Crippen LogP contribution in [0, 0.1) is 13.8 Å². The van der Waals surface area contributed by atoms with Gasteiger partial charge in [-0.25, -0.2) is 5.48 Å². The summed E-state index contributed by atoms with van der Waals surface area (Å²) in [6.07, 6.45) is 0. The highest BCUT2D eigenvalue weighted by Gasteiger charge is 2.09. The van der Waals surface area contributed by atoms with Crippen molar-refractivity contribution in [2.45, 2.75) is 20.5 Å². The third kappa shape index (κ3) is 4.76. The van der Waals surface area contributed by atoms with Crippen LogP contribution in [-0.4, -0.2) is 12.5 Å². The van der Waals surface area contributed by atoms with Gasteiger partial charge >= 0.3 is 0 Å². The number of amides is 1. The zero-order valence-corrected chi connectivity index (χ0v) is 13.3. The number of carbonyl (C=O) groups is 1. The van der Waals surface area contributed by atoms with Gasteiger partial charge in [-0.2, -0.15) is 0 Å². The van der Waals surface area contributed by atoms with Gasteiger partial charge in [-0.05, 0) is 42.7 Å². The number of ether oxygens (including phenoxy) is 1. The van der Waals surface area contributed by atoms with E-state index in [1.165, 1.54) is 0 Å². The number of carbonyl (C=O) groups excluding carboxylic acids is 1. The summed E-state index contributed by atoms with van der Waals surface area (Å²) in [4.78, 5) is 16.9. The lowest BCUT2D eigenvalue weighted by molar-refractivity contribution is -0.136. The maximum atomic E-state index is 11.7. The van der Waals surface area contributed by atoms with E-state index in [9.17, 15) is 4.79 Å². The molecule has 0 bridgehead atoms. The summed E-state index contributed by atoms with van der Waals surface area (Å²) in [5.41, 5.74) is 5.12. The average Bonchev–Trinajstić information content (AvgIpc) is 2.47. The number of nitrogens with one attached hydrogen (secondary N) is 1. The Morgan fingerprint density at radius 2 is 1.77 bits per heavy atom. The molecule has 0 spiro atoms. The molecule has 0 heterocycles. The highest BCUT2D eigenvalue weighted by Crippen LogP contribution is 2.26. The second-order valence-electron chi connectivity index (χ2n) is 4.96. The standard InChI is InChI=1S/C17H18ClNO3/c1-12-8-15(18)9-13(2)17(12)21-11-16(20)19-22-10-14-6-4-3-5-7-14/h3-9H,10-11H2,1-2H3,(H,19,20). The first-order valence-corrected chi connectivity index (χ1v) is 7.28. The molecule has 0 aliphatic heterocycles. The van der Waals surface area contributed by atoms with E-state index >= 15 is 0 Å². The quantitative estimate of drug-likeness (QED) is 0.828. The molecule has 0 saturated heterocycles. The first-order valence-electron chi connectivity index (χ1n) is 6.90. The van der Waals surface area contributed by atoms with Crippen molar-refractivity contribution in [3.05, 3.63) is 64.2 Å². The van der Waals surface area contributed by atoms with Crippen molar-refractivity contribution in [3.8, 4) is 5.75 Å². The van der Waals surface area contributed by atoms with E-state index in [1.807, 2.05) is 44.2 Å². The number of benzene rings is 2. The van der Waals surface area contributed by atoms with E-state index in [-0.39, 0.29) is 12.5 Å². The second kappa shape index (κ2) is 7.82. The molecule has 0 fully saturated rings. The molecule has 0 atom stereocenters. The van der Waals surface area contributed by atoms with Gasteiger partial charge < -0.3 is 4.74 Å². The van der Waals surface area contributed by atoms with Crippen molar-refractivity contribution in [1.82, 2.24) is 5.48 Å². The largest absolute Gasteiger partial charge is 0.483 e. The molecule has 1 N–H and O–H groups in total. The van der Waals surface area contributed by atoms with Crippen molar-refractivity contribution in [3.63, 3.8) is 0 Å². The number of hydroxylamine groups is 1. The topological polar surface area (TPSA) is 47.6 Å². The molecule has 0 unspecified atom stereocenters. The number of rotatable bonds is 6. The molecule has 2 aromatic carbocycles. The summed E-state index contributed by atoms with van der Waals surface area (Å²) < 4.78 is 5.54. The minimum atomic E-state index is -0.343. The summed E-state index contributed by atoms with van der Waals surface area (Å²) in [6.45, 7) is 3.97. The van der Waals surface area contributed by atoms with Gasteiger partial charge in [0.2, 0.25) is 0 Å². The smallest absolute Gasteiger partial charge is 0.281 e. The van der Waals surface area contributed by atoms with Crippen LogP contribution >= 0.6 is 11.6 Å². The van der Waals surface area contributed by atoms with Crippen molar-refractivity contribution >= 4 is 17.5 Å². The fourth-order valence-electron chi connectivity index (χ4n) is 2.07. The molecule has 22 heavy (non-hydrogen) atoms. The predicted octanol–water partition coefficient (Wildman–Crippen LogP) is 3.58. The van der Waals surface area contributed by atoms with Crippen LogP contribution in [-0.2, 0) is 16.2 Å². The van der Waals surface area contributed by atoms with Crippen molar-refractivity contribution < 1.29 is 14.4 Å². The molecule has 0 aliphatic rings. The number of halogens is 1. The van der Waals surface area contributed by atoms with Crippen LogP contribution in [0.2, 0.25) is 5.02 Å². The Morgan fingerprint density at radius 3 is 2.41 bits per heavy atom. The second-order valence-corrected chi connectivity index (χ2v) is 5.39. The maximum Gasteiger partial charge on any atom is 0.281 e. The third-order valence-corrected chi connectivity index (χ3v) is 3.26. The van der Waals surface area contributed by atoms with Crippen LogP contribution in [0.25, 0.3) is 0 Å². The number of hydrogen-bond acceptors (Lipinski definition) is 3. The fraction of sp³-hybridized carbons (Fsp3) is 0.235. The van der Waals surface area contributed by atoms with Gasteiger partial charge in [0, 0.05) is 5.02 Å². The minimum absolute atomic E-state index is 0.113. The van der Waals surface area contributed by atoms with E-state index in [0.717, 1.165) is 16.7 Å². The maximum absolute atomic E-state index is 11.7. The van der Waals surface area contributed by atoms with Gasteiger partial charge in [0.15, 0.2) is 6.61 Å². The van der Waals surface area contributed by atoms with E-state index in [2.05, 4.69) is 5.48 Å². The van der Waals surface area contributed by atoms with Crippen LogP contribution < -0.4 is 10.2 Å². The predicted molar refractivity (Wildman–Crippen MR) is 85.8 cm³/mol. The Bertz CT molecular complexity index is 621. The molecule has 0 radical (unpaired) electrons. The number of aryl methyl sites for hydroxylation is 2. The lowest BCUT2D eigenvalue weighted by Gasteiger charge is -2.12. The zero-order chi connectivity index (χ0) is 15.9. The summed E-state index contributed by atoms with van der Waals surface area (Å²) in [5.74, 6) is 0.326. The van der Waals surface area contributed by atoms with Crippen molar-refractivity contribution in [1.29, 1.82) is 0 Å². The fourth-order valence-corrected chi connectivity index (χ4v) is 2.39. The molecule has 2 rings (SSSR count). The molecule has 2 aromatic rings. The molecule has 0 aromatic heterocycles. The molecule has 0 saturated carbocycles. The minimum Gasteiger partial charge on any atom is -0.483 e. The monoisotopic (exact) mass is 319 g/mol. The van der Waals surface area contributed by atoms with E-state index in [4.69, 9.17) is 21.2 Å². The molecule has 4 nitrogen and oxygen atoms in total. The van der Waals surface area contributed by atoms with Gasteiger partial charge in [-0.15, -0.1) is 0 Å². The third-order valence-electron chi connectivity index (χ3n) is 3.04. The molecule has 1 amide bonds. The van der Waals surface area contributed by atoms with Gasteiger partial charge in [-0.3, -0.25) is 9.63 Å². The summed E-state index contributed by atoms with van der Waals surface area (Å²) in [7, 11) is 0. The molecular weight excluding hydrogens is 302 g/mol. The highest BCUT2D eigenvalue weighted by atomic mass is 35.5. The Kier molecular flexibility index (Phi) is 5.81. The van der Waals surface area contributed by atoms with E-state index in [1.54, 1.807) is 12.1 Å². The van der Waals surface area contributed by atoms with Crippen LogP contribution in [0.5, 0.6) is 5.75 Å². The van der Waals surface area contributed by atoms with Crippen LogP contribution in [0.1, 0.15) is 16.7 Å². The molecule has 5 heteroatoms. The van der Waals surface area contributed by atoms with Gasteiger partial charge in [0.25, 0.3) is 5.91 Å². The summed E-state index contributed by atoms with van der Waals surface area (Å²) in [6, 6.07) is 13.2. The average molecular weight is 320 g/mol. The molecule has 116 valence electrons. The first kappa shape index (κ1) is 16.3. The van der Waals surface area contributed by atoms with Crippen LogP contribution in [0.4, 0.5) is 0 Å². The van der Waals surface area contributed by atoms with Gasteiger partial charge in [0.1, 0.15) is 5.75 Å². The Labute approximate surface area is 135 Å². The van der Waals surface area contributed by atoms with Crippen molar-refractivity contribution in [2.24, 2.45) is 0 Å². The normalized spacial score (nSPS) is 10.3. The van der Waals surface area contributed by atoms with Gasteiger partial charge in [0.05, 0.1) is 6.61 Å². The van der Waals surface area contributed by atoms with Crippen molar-refractivity contribution in [2.75, 3.05) is 6.61 Å². The summed E-state index contributed by atoms with van der Waals surface area (Å²) in [5, 5.41) is 0.651. The lowest BCUT2D eigenvalue weighted by atomic mass is 10.1. The SMILES string of the molecule is Cc1cc(Cl)cc(C)c1OCC(=O)NOCc1ccccc1. The Morgan fingerprint density at radius 1 is 1.14 bits per heavy atom. The molecule has 0 aliphatic carbocycles. The molecular formula is C17H18ClNO3. The van der Waals surface area contributed by atoms with E-state index < -0.39 is 0 Å². The van der Waals surface area contributed by atoms with Crippen LogP contribution in [0.3, 0.4) is 0 Å². The van der Waals surface area contributed by atoms with Gasteiger partial charge in [-0.1, -0.05) is 41.9 Å². The lowest BCUT2D eigenvalue weighted by Crippen LogP contribution is -2.29. The Balaban J connectivity index is 1.79. The van der Waals surface area contributed by atoms with E-state index in [0.29, 0.717) is 17.4 Å². The van der Waals surface area contributed by atoms with Crippen LogP contribution in [0.15, 0.2) is 42.5 Å². The highest BCUT2D eigenvalue weighted by molar-refractivity contribution is 6.30. The first-order chi connectivity index (χ1) is 10.6. The zero-order valence-electron chi connectivity index (χ0n) is 12.6. The summed E-state index contributed by atoms with van der Waals surface area (Å²) >= 11 is 5.96. The Hall–Kier alpha value is -2.04. The number of hydrogen-bond donors (Lipinski definition) is 1.